The third kappa shape index (κ3) is 1.98. The monoisotopic (exact) mass is 210 g/mol. The van der Waals surface area contributed by atoms with Crippen molar-refractivity contribution in [1.82, 2.24) is 10.1 Å². The van der Waals surface area contributed by atoms with Crippen LogP contribution in [0.1, 0.15) is 12.1 Å². The number of nitrogens with zero attached hydrogens (tertiary/aromatic N) is 2. The molecule has 0 saturated carbocycles. The van der Waals surface area contributed by atoms with Crippen LogP contribution in [0.25, 0.3) is 0 Å². The molecule has 1 N–H and O–H groups in total. The molecule has 1 amide bonds. The van der Waals surface area contributed by atoms with Gasteiger partial charge in [-0.05, 0) is 0 Å². The zero-order valence-corrected chi connectivity index (χ0v) is 7.92. The zero-order valence-electron chi connectivity index (χ0n) is 7.92. The summed E-state index contributed by atoms with van der Waals surface area (Å²) in [5.74, 6) is -1.67. The number of aromatic nitrogens is 1. The predicted octanol–water partition coefficient (Wildman–Crippen LogP) is 0.108. The van der Waals surface area contributed by atoms with Crippen LogP contribution in [-0.2, 0) is 16.1 Å². The van der Waals surface area contributed by atoms with Crippen molar-refractivity contribution in [2.24, 2.45) is 5.92 Å². The van der Waals surface area contributed by atoms with Crippen LogP contribution in [-0.4, -0.2) is 33.6 Å². The predicted molar refractivity (Wildman–Crippen MR) is 47.7 cm³/mol. The van der Waals surface area contributed by atoms with Crippen molar-refractivity contribution in [3.63, 3.8) is 0 Å². The molecule has 1 unspecified atom stereocenters. The lowest BCUT2D eigenvalue weighted by Gasteiger charge is -2.13. The second kappa shape index (κ2) is 3.72. The van der Waals surface area contributed by atoms with Gasteiger partial charge in [0.2, 0.25) is 5.91 Å². The van der Waals surface area contributed by atoms with E-state index in [0.29, 0.717) is 12.2 Å². The van der Waals surface area contributed by atoms with Gasteiger partial charge in [0.15, 0.2) is 0 Å². The fraction of sp³-hybridized carbons (Fsp3) is 0.444. The van der Waals surface area contributed by atoms with Crippen molar-refractivity contribution in [2.45, 2.75) is 13.0 Å². The van der Waals surface area contributed by atoms with Gasteiger partial charge in [0.1, 0.15) is 12.0 Å². The van der Waals surface area contributed by atoms with Gasteiger partial charge in [-0.25, -0.2) is 0 Å². The molecule has 1 aromatic rings. The topological polar surface area (TPSA) is 83.6 Å². The normalized spacial score (nSPS) is 20.9. The first-order valence-corrected chi connectivity index (χ1v) is 4.56. The minimum absolute atomic E-state index is 0.0766. The van der Waals surface area contributed by atoms with Crippen molar-refractivity contribution < 1.29 is 19.2 Å². The number of carboxylic acid groups (broad SMARTS) is 1. The maximum atomic E-state index is 11.4. The van der Waals surface area contributed by atoms with E-state index in [9.17, 15) is 9.59 Å². The molecular formula is C9H10N2O4. The van der Waals surface area contributed by atoms with Crippen LogP contribution in [0.4, 0.5) is 0 Å². The van der Waals surface area contributed by atoms with Gasteiger partial charge in [-0.3, -0.25) is 9.59 Å². The van der Waals surface area contributed by atoms with E-state index in [1.54, 1.807) is 6.07 Å². The van der Waals surface area contributed by atoms with E-state index in [0.717, 1.165) is 0 Å². The highest BCUT2D eigenvalue weighted by molar-refractivity contribution is 5.85. The maximum absolute atomic E-state index is 11.4. The van der Waals surface area contributed by atoms with Crippen LogP contribution in [0, 0.1) is 5.92 Å². The number of carbonyl (C=O) groups excluding carboxylic acids is 1. The first-order chi connectivity index (χ1) is 7.16. The van der Waals surface area contributed by atoms with Gasteiger partial charge in [-0.1, -0.05) is 5.16 Å². The summed E-state index contributed by atoms with van der Waals surface area (Å²) >= 11 is 0. The van der Waals surface area contributed by atoms with Gasteiger partial charge in [0, 0.05) is 19.0 Å². The second-order valence-electron chi connectivity index (χ2n) is 3.50. The van der Waals surface area contributed by atoms with Crippen LogP contribution < -0.4 is 0 Å². The Bertz CT molecular complexity index is 373. The molecule has 0 aromatic carbocycles. The minimum atomic E-state index is -0.925. The highest BCUT2D eigenvalue weighted by Gasteiger charge is 2.34. The Balaban J connectivity index is 2.00. The van der Waals surface area contributed by atoms with Gasteiger partial charge in [0.05, 0.1) is 12.5 Å². The summed E-state index contributed by atoms with van der Waals surface area (Å²) in [7, 11) is 0. The van der Waals surface area contributed by atoms with Crippen molar-refractivity contribution in [1.29, 1.82) is 0 Å². The molecule has 1 atom stereocenters. The van der Waals surface area contributed by atoms with Gasteiger partial charge in [-0.2, -0.15) is 0 Å². The van der Waals surface area contributed by atoms with Crippen LogP contribution in [0.2, 0.25) is 0 Å². The largest absolute Gasteiger partial charge is 0.481 e. The molecule has 1 saturated heterocycles. The number of hydrogen-bond donors (Lipinski definition) is 1. The molecule has 0 spiro atoms. The smallest absolute Gasteiger partial charge is 0.308 e. The van der Waals surface area contributed by atoms with Crippen molar-refractivity contribution in [2.75, 3.05) is 6.54 Å². The lowest BCUT2D eigenvalue weighted by molar-refractivity contribution is -0.141. The zero-order chi connectivity index (χ0) is 10.8. The number of hydrogen-bond acceptors (Lipinski definition) is 4. The molecule has 1 aliphatic heterocycles. The minimum Gasteiger partial charge on any atom is -0.481 e. The van der Waals surface area contributed by atoms with E-state index in [1.807, 2.05) is 0 Å². The molecule has 1 aromatic heterocycles. The number of aliphatic carboxylic acids is 1. The highest BCUT2D eigenvalue weighted by Crippen LogP contribution is 2.19. The van der Waals surface area contributed by atoms with Crippen LogP contribution in [0.5, 0.6) is 0 Å². The first-order valence-electron chi connectivity index (χ1n) is 4.56. The Morgan fingerprint density at radius 2 is 2.53 bits per heavy atom. The summed E-state index contributed by atoms with van der Waals surface area (Å²) in [6.07, 6.45) is 1.50. The number of carbonyl (C=O) groups is 2. The molecule has 2 heterocycles. The standard InChI is InChI=1S/C9H10N2O4/c12-8-3-6(9(13)14)4-11(8)5-7-1-2-15-10-7/h1-2,6H,3-5H2,(H,13,14). The summed E-state index contributed by atoms with van der Waals surface area (Å²) < 4.78 is 4.63. The van der Waals surface area contributed by atoms with E-state index in [2.05, 4.69) is 9.68 Å². The molecule has 0 radical (unpaired) electrons. The highest BCUT2D eigenvalue weighted by atomic mass is 16.5. The van der Waals surface area contributed by atoms with Gasteiger partial charge >= 0.3 is 5.97 Å². The van der Waals surface area contributed by atoms with E-state index < -0.39 is 11.9 Å². The quantitative estimate of drug-likeness (QED) is 0.765. The summed E-state index contributed by atoms with van der Waals surface area (Å²) in [4.78, 5) is 23.6. The molecule has 2 rings (SSSR count). The maximum Gasteiger partial charge on any atom is 0.308 e. The van der Waals surface area contributed by atoms with Crippen molar-refractivity contribution in [3.05, 3.63) is 18.0 Å². The van der Waals surface area contributed by atoms with Crippen LogP contribution in [0.15, 0.2) is 16.9 Å². The molecule has 15 heavy (non-hydrogen) atoms. The molecule has 6 heteroatoms. The SMILES string of the molecule is O=C(O)C1CC(=O)N(Cc2ccon2)C1. The van der Waals surface area contributed by atoms with Crippen LogP contribution >= 0.6 is 0 Å². The van der Waals surface area contributed by atoms with Gasteiger partial charge in [-0.15, -0.1) is 0 Å². The average Bonchev–Trinajstić information content (AvgIpc) is 2.77. The number of amides is 1. The number of rotatable bonds is 3. The summed E-state index contributed by atoms with van der Waals surface area (Å²) in [6, 6.07) is 1.65. The molecule has 0 aliphatic carbocycles. The lowest BCUT2D eigenvalue weighted by Crippen LogP contribution is -2.25. The Kier molecular flexibility index (Phi) is 2.40. The fourth-order valence-electron chi connectivity index (χ4n) is 1.61. The number of carboxylic acids is 1. The van der Waals surface area contributed by atoms with Crippen molar-refractivity contribution >= 4 is 11.9 Å². The van der Waals surface area contributed by atoms with Gasteiger partial charge < -0.3 is 14.5 Å². The fourth-order valence-corrected chi connectivity index (χ4v) is 1.61. The molecular weight excluding hydrogens is 200 g/mol. The van der Waals surface area contributed by atoms with E-state index in [1.165, 1.54) is 11.2 Å². The Labute approximate surface area is 85.5 Å². The van der Waals surface area contributed by atoms with E-state index in [-0.39, 0.29) is 18.9 Å². The summed E-state index contributed by atoms with van der Waals surface area (Å²) in [5, 5.41) is 12.4. The molecule has 80 valence electrons. The third-order valence-electron chi connectivity index (χ3n) is 2.41. The molecule has 1 fully saturated rings. The van der Waals surface area contributed by atoms with E-state index >= 15 is 0 Å². The van der Waals surface area contributed by atoms with E-state index in [4.69, 9.17) is 5.11 Å². The average molecular weight is 210 g/mol. The van der Waals surface area contributed by atoms with Crippen molar-refractivity contribution in [3.8, 4) is 0 Å². The molecule has 6 nitrogen and oxygen atoms in total. The molecule has 1 aliphatic rings. The Morgan fingerprint density at radius 1 is 1.73 bits per heavy atom. The number of likely N-dealkylation sites (tertiary alicyclic amines) is 1. The Morgan fingerprint density at radius 3 is 3.07 bits per heavy atom. The second-order valence-corrected chi connectivity index (χ2v) is 3.50. The summed E-state index contributed by atoms with van der Waals surface area (Å²) in [5.41, 5.74) is 0.634. The first kappa shape index (κ1) is 9.70. The Hall–Kier alpha value is -1.85. The molecule has 0 bridgehead atoms. The van der Waals surface area contributed by atoms with Crippen LogP contribution in [0.3, 0.4) is 0 Å². The van der Waals surface area contributed by atoms with Gasteiger partial charge in [0.25, 0.3) is 0 Å². The lowest BCUT2D eigenvalue weighted by atomic mass is 10.1. The summed E-state index contributed by atoms with van der Waals surface area (Å²) in [6.45, 7) is 0.570. The third-order valence-corrected chi connectivity index (χ3v) is 2.41.